The molecule has 1 saturated carbocycles. The number of rotatable bonds is 7. The Morgan fingerprint density at radius 3 is 2.48 bits per heavy atom. The van der Waals surface area contributed by atoms with E-state index in [9.17, 15) is 9.59 Å². The summed E-state index contributed by atoms with van der Waals surface area (Å²) in [6.07, 6.45) is 1.96. The minimum atomic E-state index is -0.511. The highest BCUT2D eigenvalue weighted by molar-refractivity contribution is 5.86. The van der Waals surface area contributed by atoms with Gasteiger partial charge in [0.1, 0.15) is 12.7 Å². The lowest BCUT2D eigenvalue weighted by Gasteiger charge is -2.46. The van der Waals surface area contributed by atoms with Gasteiger partial charge in [0.05, 0.1) is 0 Å². The third-order valence-electron chi connectivity index (χ3n) is 4.47. The zero-order valence-electron chi connectivity index (χ0n) is 16.5. The molecule has 144 valence electrons. The summed E-state index contributed by atoms with van der Waals surface area (Å²) in [6, 6.07) is 0.0692. The summed E-state index contributed by atoms with van der Waals surface area (Å²) in [5.41, 5.74) is 0.617. The molecule has 3 atom stereocenters. The number of ether oxygens (including phenoxy) is 2. The highest BCUT2D eigenvalue weighted by atomic mass is 16.6. The summed E-state index contributed by atoms with van der Waals surface area (Å²) in [5, 5.41) is 6.24. The number of amides is 1. The summed E-state index contributed by atoms with van der Waals surface area (Å²) in [4.78, 5) is 23.5. The third-order valence-corrected chi connectivity index (χ3v) is 4.47. The van der Waals surface area contributed by atoms with Gasteiger partial charge in [-0.15, -0.1) is 0 Å². The second kappa shape index (κ2) is 8.70. The van der Waals surface area contributed by atoms with Crippen molar-refractivity contribution < 1.29 is 19.1 Å². The van der Waals surface area contributed by atoms with Gasteiger partial charge >= 0.3 is 12.1 Å². The topological polar surface area (TPSA) is 76.7 Å². The standard InChI is InChI=1S/C19H34N2O4/c1-13(2)16(22)24-10-14(3)25-17(23)21-15-8-18(4,5)11-19(6,9-15)12-20-7/h14-15,20H,1,8-12H2,2-7H3,(H,21,23). The van der Waals surface area contributed by atoms with Crippen molar-refractivity contribution >= 4 is 12.1 Å². The lowest BCUT2D eigenvalue weighted by atomic mass is 9.62. The zero-order chi connectivity index (χ0) is 19.3. The molecule has 0 saturated heterocycles. The normalized spacial score (nSPS) is 26.4. The van der Waals surface area contributed by atoms with Crippen LogP contribution in [-0.2, 0) is 14.3 Å². The SMILES string of the molecule is C=C(C)C(=O)OCC(C)OC(=O)NC1CC(C)(C)CC(C)(CNC)C1. The molecule has 0 heterocycles. The molecule has 0 aliphatic heterocycles. The molecule has 1 aliphatic rings. The van der Waals surface area contributed by atoms with Crippen LogP contribution in [0, 0.1) is 10.8 Å². The second-order valence-corrected chi connectivity index (χ2v) is 8.53. The van der Waals surface area contributed by atoms with Crippen LogP contribution in [0.5, 0.6) is 0 Å². The van der Waals surface area contributed by atoms with E-state index in [0.29, 0.717) is 5.57 Å². The van der Waals surface area contributed by atoms with Crippen molar-refractivity contribution in [3.63, 3.8) is 0 Å². The molecule has 6 nitrogen and oxygen atoms in total. The van der Waals surface area contributed by atoms with Crippen molar-refractivity contribution in [1.29, 1.82) is 0 Å². The molecule has 1 amide bonds. The average molecular weight is 354 g/mol. The Morgan fingerprint density at radius 2 is 1.92 bits per heavy atom. The fraction of sp³-hybridized carbons (Fsp3) is 0.789. The minimum Gasteiger partial charge on any atom is -0.458 e. The van der Waals surface area contributed by atoms with Gasteiger partial charge in [0, 0.05) is 18.2 Å². The first-order valence-corrected chi connectivity index (χ1v) is 8.91. The molecular weight excluding hydrogens is 320 g/mol. The van der Waals surface area contributed by atoms with Gasteiger partial charge in [-0.2, -0.15) is 0 Å². The van der Waals surface area contributed by atoms with Gasteiger partial charge in [0.25, 0.3) is 0 Å². The van der Waals surface area contributed by atoms with Crippen LogP contribution in [0.1, 0.15) is 53.9 Å². The van der Waals surface area contributed by atoms with Crippen LogP contribution in [0.25, 0.3) is 0 Å². The van der Waals surface area contributed by atoms with E-state index in [1.165, 1.54) is 0 Å². The summed E-state index contributed by atoms with van der Waals surface area (Å²) in [6.45, 7) is 14.4. The van der Waals surface area contributed by atoms with Crippen LogP contribution in [0.15, 0.2) is 12.2 Å². The number of alkyl carbamates (subject to hydrolysis) is 1. The maximum absolute atomic E-state index is 12.2. The quantitative estimate of drug-likeness (QED) is 0.543. The number of esters is 1. The highest BCUT2D eigenvalue weighted by Gasteiger charge is 2.41. The van der Waals surface area contributed by atoms with E-state index < -0.39 is 18.2 Å². The second-order valence-electron chi connectivity index (χ2n) is 8.53. The van der Waals surface area contributed by atoms with E-state index in [2.05, 4.69) is 38.0 Å². The molecule has 3 unspecified atom stereocenters. The van der Waals surface area contributed by atoms with Crippen LogP contribution < -0.4 is 10.6 Å². The summed E-state index contributed by atoms with van der Waals surface area (Å²) in [5.74, 6) is -0.479. The minimum absolute atomic E-state index is 0.0206. The maximum Gasteiger partial charge on any atom is 0.407 e. The van der Waals surface area contributed by atoms with Crippen molar-refractivity contribution in [1.82, 2.24) is 10.6 Å². The van der Waals surface area contributed by atoms with Crippen LogP contribution in [0.3, 0.4) is 0 Å². The van der Waals surface area contributed by atoms with Crippen molar-refractivity contribution in [2.45, 2.75) is 66.0 Å². The van der Waals surface area contributed by atoms with Gasteiger partial charge in [-0.25, -0.2) is 9.59 Å². The predicted molar refractivity (Wildman–Crippen MR) is 98.3 cm³/mol. The molecular formula is C19H34N2O4. The summed E-state index contributed by atoms with van der Waals surface area (Å²) >= 11 is 0. The number of carbonyl (C=O) groups is 2. The Morgan fingerprint density at radius 1 is 1.28 bits per heavy atom. The van der Waals surface area contributed by atoms with E-state index >= 15 is 0 Å². The Kier molecular flexibility index (Phi) is 7.47. The number of hydrogen-bond acceptors (Lipinski definition) is 5. The number of carbonyl (C=O) groups excluding carboxylic acids is 2. The molecule has 1 rings (SSSR count). The molecule has 25 heavy (non-hydrogen) atoms. The molecule has 2 N–H and O–H groups in total. The maximum atomic E-state index is 12.2. The van der Waals surface area contributed by atoms with E-state index in [0.717, 1.165) is 25.8 Å². The van der Waals surface area contributed by atoms with E-state index in [1.807, 2.05) is 7.05 Å². The van der Waals surface area contributed by atoms with Gasteiger partial charge in [0.15, 0.2) is 0 Å². The molecule has 0 radical (unpaired) electrons. The highest BCUT2D eigenvalue weighted by Crippen LogP contribution is 2.45. The molecule has 6 heteroatoms. The van der Waals surface area contributed by atoms with Crippen molar-refractivity contribution in [3.8, 4) is 0 Å². The number of hydrogen-bond donors (Lipinski definition) is 2. The lowest BCUT2D eigenvalue weighted by Crippen LogP contribution is -2.50. The zero-order valence-corrected chi connectivity index (χ0v) is 16.5. The predicted octanol–water partition coefficient (Wildman–Crippen LogP) is 3.02. The van der Waals surface area contributed by atoms with Crippen LogP contribution in [0.4, 0.5) is 4.79 Å². The van der Waals surface area contributed by atoms with Gasteiger partial charge in [-0.3, -0.25) is 0 Å². The Hall–Kier alpha value is -1.56. The Bertz CT molecular complexity index is 504. The van der Waals surface area contributed by atoms with Crippen LogP contribution in [-0.4, -0.2) is 44.4 Å². The summed E-state index contributed by atoms with van der Waals surface area (Å²) in [7, 11) is 1.96. The molecule has 0 aromatic heterocycles. The molecule has 1 aliphatic carbocycles. The third kappa shape index (κ3) is 7.46. The fourth-order valence-electron chi connectivity index (χ4n) is 4.03. The Balaban J connectivity index is 2.52. The van der Waals surface area contributed by atoms with Gasteiger partial charge < -0.3 is 20.1 Å². The van der Waals surface area contributed by atoms with Gasteiger partial charge in [-0.05, 0) is 51.0 Å². The monoisotopic (exact) mass is 354 g/mol. The van der Waals surface area contributed by atoms with Crippen molar-refractivity contribution in [2.24, 2.45) is 10.8 Å². The fourth-order valence-corrected chi connectivity index (χ4v) is 4.03. The first-order chi connectivity index (χ1) is 11.5. The van der Waals surface area contributed by atoms with Gasteiger partial charge in [0.2, 0.25) is 0 Å². The van der Waals surface area contributed by atoms with Crippen molar-refractivity contribution in [3.05, 3.63) is 12.2 Å². The van der Waals surface area contributed by atoms with Gasteiger partial charge in [-0.1, -0.05) is 27.4 Å². The van der Waals surface area contributed by atoms with E-state index in [1.54, 1.807) is 13.8 Å². The first-order valence-electron chi connectivity index (χ1n) is 8.91. The molecule has 0 spiro atoms. The van der Waals surface area contributed by atoms with E-state index in [4.69, 9.17) is 9.47 Å². The molecule has 0 aromatic rings. The molecule has 0 bridgehead atoms. The molecule has 1 fully saturated rings. The first kappa shape index (κ1) is 21.5. The van der Waals surface area contributed by atoms with Crippen LogP contribution >= 0.6 is 0 Å². The number of nitrogens with one attached hydrogen (secondary N) is 2. The largest absolute Gasteiger partial charge is 0.458 e. The van der Waals surface area contributed by atoms with Crippen molar-refractivity contribution in [2.75, 3.05) is 20.2 Å². The van der Waals surface area contributed by atoms with E-state index in [-0.39, 0.29) is 23.5 Å². The molecule has 0 aromatic carbocycles. The van der Waals surface area contributed by atoms with Crippen LogP contribution in [0.2, 0.25) is 0 Å². The lowest BCUT2D eigenvalue weighted by molar-refractivity contribution is -0.141. The average Bonchev–Trinajstić information content (AvgIpc) is 2.41. The summed E-state index contributed by atoms with van der Waals surface area (Å²) < 4.78 is 10.3. The Labute approximate surface area is 151 Å². The smallest absolute Gasteiger partial charge is 0.407 e.